The molecule has 0 fully saturated rings. The third kappa shape index (κ3) is 3.68. The lowest BCUT2D eigenvalue weighted by Gasteiger charge is -2.12. The van der Waals surface area contributed by atoms with Crippen LogP contribution in [0.2, 0.25) is 0 Å². The maximum Gasteiger partial charge on any atom is 0.258 e. The second-order valence-electron chi connectivity index (χ2n) is 4.60. The summed E-state index contributed by atoms with van der Waals surface area (Å²) in [5.74, 6) is -1.24. The summed E-state index contributed by atoms with van der Waals surface area (Å²) >= 11 is 0. The van der Waals surface area contributed by atoms with Crippen molar-refractivity contribution in [2.24, 2.45) is 0 Å². The van der Waals surface area contributed by atoms with E-state index < -0.39 is 11.6 Å². The highest BCUT2D eigenvalue weighted by Crippen LogP contribution is 2.28. The molecule has 0 aliphatic heterocycles. The van der Waals surface area contributed by atoms with Crippen molar-refractivity contribution in [1.82, 2.24) is 4.98 Å². The molecule has 1 N–H and O–H groups in total. The number of pyridine rings is 1. The van der Waals surface area contributed by atoms with Crippen molar-refractivity contribution in [1.29, 1.82) is 0 Å². The van der Waals surface area contributed by atoms with E-state index in [0.29, 0.717) is 12.3 Å². The van der Waals surface area contributed by atoms with Gasteiger partial charge in [-0.3, -0.25) is 0 Å². The SMILES string of the molecule is CCCNc1nc(Oc2ccccc2CC)c(F)cc1F. The quantitative estimate of drug-likeness (QED) is 0.849. The lowest BCUT2D eigenvalue weighted by molar-refractivity contribution is 0.414. The van der Waals surface area contributed by atoms with Gasteiger partial charge in [0, 0.05) is 12.6 Å². The predicted octanol–water partition coefficient (Wildman–Crippen LogP) is 4.54. The van der Waals surface area contributed by atoms with Crippen LogP contribution in [0.5, 0.6) is 11.6 Å². The van der Waals surface area contributed by atoms with E-state index in [1.54, 1.807) is 12.1 Å². The first-order valence-corrected chi connectivity index (χ1v) is 7.01. The average Bonchev–Trinajstić information content (AvgIpc) is 2.49. The Labute approximate surface area is 123 Å². The second kappa shape index (κ2) is 7.02. The molecule has 1 heterocycles. The van der Waals surface area contributed by atoms with Crippen LogP contribution in [-0.4, -0.2) is 11.5 Å². The maximum atomic E-state index is 13.8. The van der Waals surface area contributed by atoms with Crippen LogP contribution in [0.4, 0.5) is 14.6 Å². The van der Waals surface area contributed by atoms with Gasteiger partial charge in [-0.25, -0.2) is 8.78 Å². The molecule has 1 aromatic heterocycles. The molecule has 0 aliphatic rings. The normalized spacial score (nSPS) is 10.5. The van der Waals surface area contributed by atoms with Gasteiger partial charge in [0.15, 0.2) is 17.5 Å². The number of anilines is 1. The molecular formula is C16H18F2N2O. The van der Waals surface area contributed by atoms with Gasteiger partial charge in [-0.15, -0.1) is 0 Å². The number of rotatable bonds is 6. The lowest BCUT2D eigenvalue weighted by atomic mass is 10.1. The topological polar surface area (TPSA) is 34.2 Å². The Morgan fingerprint density at radius 3 is 2.62 bits per heavy atom. The van der Waals surface area contributed by atoms with E-state index in [0.717, 1.165) is 24.5 Å². The summed E-state index contributed by atoms with van der Waals surface area (Å²) < 4.78 is 33.0. The minimum atomic E-state index is -0.819. The zero-order valence-corrected chi connectivity index (χ0v) is 12.1. The van der Waals surface area contributed by atoms with Crippen LogP contribution in [0.3, 0.4) is 0 Å². The van der Waals surface area contributed by atoms with E-state index in [1.165, 1.54) is 0 Å². The Kier molecular flexibility index (Phi) is 5.09. The van der Waals surface area contributed by atoms with Crippen LogP contribution in [0, 0.1) is 11.6 Å². The average molecular weight is 292 g/mol. The number of aryl methyl sites for hydroxylation is 1. The van der Waals surface area contributed by atoms with Crippen LogP contribution in [-0.2, 0) is 6.42 Å². The van der Waals surface area contributed by atoms with Gasteiger partial charge < -0.3 is 10.1 Å². The molecule has 0 spiro atoms. The molecule has 0 saturated carbocycles. The molecule has 3 nitrogen and oxygen atoms in total. The Hall–Kier alpha value is -2.17. The van der Waals surface area contributed by atoms with Crippen LogP contribution in [0.1, 0.15) is 25.8 Å². The summed E-state index contributed by atoms with van der Waals surface area (Å²) in [4.78, 5) is 3.90. The maximum absolute atomic E-state index is 13.8. The number of hydrogen-bond acceptors (Lipinski definition) is 3. The Bertz CT molecular complexity index is 617. The highest BCUT2D eigenvalue weighted by atomic mass is 19.1. The highest BCUT2D eigenvalue weighted by Gasteiger charge is 2.14. The van der Waals surface area contributed by atoms with Crippen molar-refractivity contribution in [2.45, 2.75) is 26.7 Å². The molecule has 2 rings (SSSR count). The van der Waals surface area contributed by atoms with E-state index in [9.17, 15) is 8.78 Å². The number of nitrogens with one attached hydrogen (secondary N) is 1. The van der Waals surface area contributed by atoms with E-state index in [2.05, 4.69) is 10.3 Å². The van der Waals surface area contributed by atoms with Gasteiger partial charge in [0.2, 0.25) is 0 Å². The fraction of sp³-hybridized carbons (Fsp3) is 0.312. The van der Waals surface area contributed by atoms with Gasteiger partial charge in [0.25, 0.3) is 5.88 Å². The summed E-state index contributed by atoms with van der Waals surface area (Å²) in [7, 11) is 0. The van der Waals surface area contributed by atoms with Crippen LogP contribution in [0.15, 0.2) is 30.3 Å². The lowest BCUT2D eigenvalue weighted by Crippen LogP contribution is -2.06. The smallest absolute Gasteiger partial charge is 0.258 e. The van der Waals surface area contributed by atoms with Gasteiger partial charge in [0.1, 0.15) is 5.75 Å². The number of halogens is 2. The molecule has 0 radical (unpaired) electrons. The molecule has 0 aliphatic carbocycles. The standard InChI is InChI=1S/C16H18F2N2O/c1-3-9-19-15-12(17)10-13(18)16(20-15)21-14-8-6-5-7-11(14)4-2/h5-8,10H,3-4,9H2,1-2H3,(H,19,20). The Balaban J connectivity index is 2.30. The molecule has 21 heavy (non-hydrogen) atoms. The van der Waals surface area contributed by atoms with E-state index in [-0.39, 0.29) is 11.7 Å². The monoisotopic (exact) mass is 292 g/mol. The van der Waals surface area contributed by atoms with E-state index >= 15 is 0 Å². The molecule has 112 valence electrons. The first kappa shape index (κ1) is 15.2. The first-order chi connectivity index (χ1) is 10.2. The number of nitrogens with zero attached hydrogens (tertiary/aromatic N) is 1. The molecular weight excluding hydrogens is 274 g/mol. The molecule has 2 aromatic rings. The molecule has 5 heteroatoms. The summed E-state index contributed by atoms with van der Waals surface area (Å²) in [6.07, 6.45) is 1.56. The summed E-state index contributed by atoms with van der Waals surface area (Å²) in [6.45, 7) is 4.48. The molecule has 1 aromatic carbocycles. The van der Waals surface area contributed by atoms with Crippen LogP contribution in [0.25, 0.3) is 0 Å². The third-order valence-corrected chi connectivity index (χ3v) is 3.00. The van der Waals surface area contributed by atoms with Crippen LogP contribution < -0.4 is 10.1 Å². The number of para-hydroxylation sites is 1. The predicted molar refractivity (Wildman–Crippen MR) is 78.8 cm³/mol. The second-order valence-corrected chi connectivity index (χ2v) is 4.60. The van der Waals surface area contributed by atoms with Gasteiger partial charge in [-0.05, 0) is 24.5 Å². The molecule has 0 bridgehead atoms. The number of aromatic nitrogens is 1. The molecule has 0 unspecified atom stereocenters. The van der Waals surface area contributed by atoms with Gasteiger partial charge >= 0.3 is 0 Å². The van der Waals surface area contributed by atoms with Gasteiger partial charge in [-0.1, -0.05) is 32.0 Å². The Morgan fingerprint density at radius 2 is 1.90 bits per heavy atom. The minimum absolute atomic E-state index is 0.00206. The number of ether oxygens (including phenoxy) is 1. The molecule has 0 amide bonds. The third-order valence-electron chi connectivity index (χ3n) is 3.00. The zero-order valence-electron chi connectivity index (χ0n) is 12.1. The first-order valence-electron chi connectivity index (χ1n) is 7.01. The molecule has 0 atom stereocenters. The largest absolute Gasteiger partial charge is 0.436 e. The fourth-order valence-electron chi connectivity index (χ4n) is 1.89. The van der Waals surface area contributed by atoms with E-state index in [4.69, 9.17) is 4.74 Å². The van der Waals surface area contributed by atoms with Crippen molar-refractivity contribution < 1.29 is 13.5 Å². The summed E-state index contributed by atoms with van der Waals surface area (Å²) in [5, 5.41) is 2.81. The Morgan fingerprint density at radius 1 is 1.14 bits per heavy atom. The van der Waals surface area contributed by atoms with Crippen molar-refractivity contribution in [3.8, 4) is 11.6 Å². The summed E-state index contributed by atoms with van der Waals surface area (Å²) in [6, 6.07) is 8.10. The molecule has 0 saturated heterocycles. The summed E-state index contributed by atoms with van der Waals surface area (Å²) in [5.41, 5.74) is 0.936. The number of benzene rings is 1. The fourth-order valence-corrected chi connectivity index (χ4v) is 1.89. The van der Waals surface area contributed by atoms with E-state index in [1.807, 2.05) is 26.0 Å². The van der Waals surface area contributed by atoms with Crippen molar-refractivity contribution >= 4 is 5.82 Å². The zero-order chi connectivity index (χ0) is 15.2. The minimum Gasteiger partial charge on any atom is -0.436 e. The van der Waals surface area contributed by atoms with Crippen molar-refractivity contribution in [3.05, 3.63) is 47.5 Å². The van der Waals surface area contributed by atoms with Crippen molar-refractivity contribution in [3.63, 3.8) is 0 Å². The highest BCUT2D eigenvalue weighted by molar-refractivity contribution is 5.42. The van der Waals surface area contributed by atoms with Crippen LogP contribution >= 0.6 is 0 Å². The number of hydrogen-bond donors (Lipinski definition) is 1. The van der Waals surface area contributed by atoms with Crippen molar-refractivity contribution in [2.75, 3.05) is 11.9 Å². The van der Waals surface area contributed by atoms with Gasteiger partial charge in [-0.2, -0.15) is 4.98 Å². The van der Waals surface area contributed by atoms with Gasteiger partial charge in [0.05, 0.1) is 0 Å².